The monoisotopic (exact) mass is 520 g/mol. The van der Waals surface area contributed by atoms with Crippen LogP contribution in [0.25, 0.3) is 16.0 Å². The van der Waals surface area contributed by atoms with Gasteiger partial charge in [0.05, 0.1) is 21.8 Å². The number of nitrogens with zero attached hydrogens (tertiary/aromatic N) is 2. The van der Waals surface area contributed by atoms with Crippen molar-refractivity contribution in [3.63, 3.8) is 0 Å². The first-order valence-corrected chi connectivity index (χ1v) is 12.4. The summed E-state index contributed by atoms with van der Waals surface area (Å²) in [7, 11) is 0. The fourth-order valence-corrected chi connectivity index (χ4v) is 5.95. The van der Waals surface area contributed by atoms with Crippen molar-refractivity contribution in [2.45, 2.75) is 25.5 Å². The van der Waals surface area contributed by atoms with Gasteiger partial charge in [0.2, 0.25) is 0 Å². The second kappa shape index (κ2) is 8.43. The van der Waals surface area contributed by atoms with Crippen LogP contribution in [0.1, 0.15) is 29.7 Å². The Labute approximate surface area is 214 Å². The Morgan fingerprint density at radius 2 is 2.00 bits per heavy atom. The summed E-state index contributed by atoms with van der Waals surface area (Å²) in [5.41, 5.74) is 2.28. The quantitative estimate of drug-likeness (QED) is 0.202. The Balaban J connectivity index is 1.54. The van der Waals surface area contributed by atoms with E-state index in [2.05, 4.69) is 4.98 Å². The Bertz CT molecular complexity index is 1610. The van der Waals surface area contributed by atoms with Gasteiger partial charge in [-0.05, 0) is 66.6 Å². The number of carbonyl (C=O) groups is 2. The number of ketones is 1. The van der Waals surface area contributed by atoms with Crippen LogP contribution in [0.4, 0.5) is 9.52 Å². The van der Waals surface area contributed by atoms with Crippen molar-refractivity contribution in [3.8, 4) is 5.75 Å². The normalized spacial score (nSPS) is 20.7. The molecule has 6 nitrogen and oxygen atoms in total. The number of benzene rings is 3. The maximum Gasteiger partial charge on any atom is 0.301 e. The number of ether oxygens (including phenoxy) is 1. The Hall–Kier alpha value is -3.75. The summed E-state index contributed by atoms with van der Waals surface area (Å²) in [6.45, 7) is 1.95. The van der Waals surface area contributed by atoms with Crippen LogP contribution in [0.2, 0.25) is 5.02 Å². The standard InChI is InChI=1S/C27H18ClFN2O4S/c1-13-9-16-10-15(5-8-20(16)35-13)24(32)22-23(14-3-2-4-17(28)11-14)31(26(34)25(22)33)27-30-19-7-6-18(29)12-21(19)36-27/h2-8,10-13,23,32H,9H2,1H3. The third-order valence-corrected chi connectivity index (χ3v) is 7.58. The zero-order valence-corrected chi connectivity index (χ0v) is 20.4. The lowest BCUT2D eigenvalue weighted by atomic mass is 9.94. The van der Waals surface area contributed by atoms with Crippen LogP contribution in [0.15, 0.2) is 66.2 Å². The van der Waals surface area contributed by atoms with E-state index in [4.69, 9.17) is 16.3 Å². The molecule has 0 aliphatic carbocycles. The molecule has 2 atom stereocenters. The van der Waals surface area contributed by atoms with Crippen molar-refractivity contribution in [3.05, 3.63) is 93.8 Å². The van der Waals surface area contributed by atoms with Crippen LogP contribution in [0, 0.1) is 5.82 Å². The summed E-state index contributed by atoms with van der Waals surface area (Å²) < 4.78 is 20.1. The molecule has 2 unspecified atom stereocenters. The summed E-state index contributed by atoms with van der Waals surface area (Å²) in [4.78, 5) is 32.5. The molecule has 3 aromatic carbocycles. The zero-order valence-electron chi connectivity index (χ0n) is 18.9. The minimum atomic E-state index is -0.975. The molecule has 0 spiro atoms. The molecular formula is C27H18ClFN2O4S. The molecule has 36 heavy (non-hydrogen) atoms. The third kappa shape index (κ3) is 3.65. The molecule has 1 saturated heterocycles. The number of hydrogen-bond acceptors (Lipinski definition) is 6. The molecule has 1 fully saturated rings. The highest BCUT2D eigenvalue weighted by Crippen LogP contribution is 2.45. The number of aliphatic hydroxyl groups is 1. The van der Waals surface area contributed by atoms with E-state index in [0.29, 0.717) is 32.8 Å². The van der Waals surface area contributed by atoms with Crippen LogP contribution in [-0.2, 0) is 16.0 Å². The molecule has 9 heteroatoms. The maximum absolute atomic E-state index is 13.8. The van der Waals surface area contributed by atoms with E-state index in [1.54, 1.807) is 42.5 Å². The van der Waals surface area contributed by atoms with Crippen molar-refractivity contribution in [2.75, 3.05) is 4.90 Å². The lowest BCUT2D eigenvalue weighted by Crippen LogP contribution is -2.29. The molecule has 2 aliphatic rings. The minimum absolute atomic E-state index is 0.0123. The van der Waals surface area contributed by atoms with E-state index in [-0.39, 0.29) is 22.6 Å². The molecule has 6 rings (SSSR count). The number of thiazole rings is 1. The lowest BCUT2D eigenvalue weighted by Gasteiger charge is -2.23. The van der Waals surface area contributed by atoms with Gasteiger partial charge < -0.3 is 9.84 Å². The fourth-order valence-electron chi connectivity index (χ4n) is 4.74. The molecule has 0 saturated carbocycles. The highest BCUT2D eigenvalue weighted by atomic mass is 35.5. The van der Waals surface area contributed by atoms with Crippen molar-refractivity contribution >= 4 is 55.7 Å². The molecule has 180 valence electrons. The van der Waals surface area contributed by atoms with Gasteiger partial charge in [-0.3, -0.25) is 14.5 Å². The number of hydrogen-bond donors (Lipinski definition) is 1. The highest BCUT2D eigenvalue weighted by molar-refractivity contribution is 7.22. The average molecular weight is 521 g/mol. The third-order valence-electron chi connectivity index (χ3n) is 6.32. The van der Waals surface area contributed by atoms with E-state index in [1.165, 1.54) is 23.1 Å². The molecule has 0 radical (unpaired) electrons. The second-order valence-electron chi connectivity index (χ2n) is 8.79. The summed E-state index contributed by atoms with van der Waals surface area (Å²) in [6, 6.07) is 15.1. The lowest BCUT2D eigenvalue weighted by molar-refractivity contribution is -0.132. The van der Waals surface area contributed by atoms with Crippen LogP contribution < -0.4 is 9.64 Å². The maximum atomic E-state index is 13.8. The first-order chi connectivity index (χ1) is 17.3. The highest BCUT2D eigenvalue weighted by Gasteiger charge is 2.48. The molecule has 0 bridgehead atoms. The van der Waals surface area contributed by atoms with Gasteiger partial charge in [-0.25, -0.2) is 9.37 Å². The van der Waals surface area contributed by atoms with E-state index >= 15 is 0 Å². The van der Waals surface area contributed by atoms with E-state index in [1.807, 2.05) is 6.92 Å². The summed E-state index contributed by atoms with van der Waals surface area (Å²) >= 11 is 7.35. The second-order valence-corrected chi connectivity index (χ2v) is 10.2. The Morgan fingerprint density at radius 1 is 1.17 bits per heavy atom. The van der Waals surface area contributed by atoms with E-state index in [0.717, 1.165) is 22.6 Å². The number of rotatable bonds is 3. The van der Waals surface area contributed by atoms with Crippen LogP contribution >= 0.6 is 22.9 Å². The van der Waals surface area contributed by atoms with Gasteiger partial charge in [0.25, 0.3) is 5.78 Å². The smallest absolute Gasteiger partial charge is 0.301 e. The van der Waals surface area contributed by atoms with Crippen LogP contribution in [0.5, 0.6) is 5.75 Å². The number of anilines is 1. The van der Waals surface area contributed by atoms with Crippen molar-refractivity contribution in [1.29, 1.82) is 0 Å². The molecule has 4 aromatic rings. The number of Topliss-reactive ketones (excluding diaryl/α,β-unsaturated/α-hetero) is 1. The molecular weight excluding hydrogens is 503 g/mol. The molecule has 3 heterocycles. The summed E-state index contributed by atoms with van der Waals surface area (Å²) in [5, 5.41) is 12.0. The van der Waals surface area contributed by atoms with Gasteiger partial charge in [-0.2, -0.15) is 0 Å². The van der Waals surface area contributed by atoms with Crippen LogP contribution in [-0.4, -0.2) is 27.9 Å². The van der Waals surface area contributed by atoms with Gasteiger partial charge in [0.1, 0.15) is 23.4 Å². The van der Waals surface area contributed by atoms with Gasteiger partial charge >= 0.3 is 5.91 Å². The van der Waals surface area contributed by atoms with Gasteiger partial charge in [-0.15, -0.1) is 0 Å². The van der Waals surface area contributed by atoms with Crippen molar-refractivity contribution < 1.29 is 23.8 Å². The topological polar surface area (TPSA) is 79.7 Å². The molecule has 1 N–H and O–H groups in total. The van der Waals surface area contributed by atoms with E-state index in [9.17, 15) is 19.1 Å². The number of halogens is 2. The average Bonchev–Trinajstić information content (AvgIpc) is 3.50. The number of fused-ring (bicyclic) bond motifs is 2. The fraction of sp³-hybridized carbons (Fsp3) is 0.148. The van der Waals surface area contributed by atoms with Gasteiger partial charge in [0.15, 0.2) is 5.13 Å². The van der Waals surface area contributed by atoms with Gasteiger partial charge in [0, 0.05) is 17.0 Å². The largest absolute Gasteiger partial charge is 0.507 e. The Morgan fingerprint density at radius 3 is 2.81 bits per heavy atom. The Kier molecular flexibility index (Phi) is 5.31. The molecule has 1 aromatic heterocycles. The minimum Gasteiger partial charge on any atom is -0.507 e. The number of amides is 1. The first kappa shape index (κ1) is 22.7. The predicted octanol–water partition coefficient (Wildman–Crippen LogP) is 6.04. The van der Waals surface area contributed by atoms with Gasteiger partial charge in [-0.1, -0.05) is 35.1 Å². The van der Waals surface area contributed by atoms with Crippen molar-refractivity contribution in [1.82, 2.24) is 4.98 Å². The zero-order chi connectivity index (χ0) is 25.1. The summed E-state index contributed by atoms with van der Waals surface area (Å²) in [5.74, 6) is -1.67. The molecule has 1 amide bonds. The van der Waals surface area contributed by atoms with Crippen molar-refractivity contribution in [2.24, 2.45) is 0 Å². The predicted molar refractivity (Wildman–Crippen MR) is 136 cm³/mol. The first-order valence-electron chi connectivity index (χ1n) is 11.2. The van der Waals surface area contributed by atoms with Crippen LogP contribution in [0.3, 0.4) is 0 Å². The van der Waals surface area contributed by atoms with E-state index < -0.39 is 23.5 Å². The molecule has 2 aliphatic heterocycles. The number of aromatic nitrogens is 1. The number of aliphatic hydroxyl groups excluding tert-OH is 1. The SMILES string of the molecule is CC1Cc2cc(C(O)=C3C(=O)C(=O)N(c4nc5ccc(F)cc5s4)C3c3cccc(Cl)c3)ccc2O1. The summed E-state index contributed by atoms with van der Waals surface area (Å²) in [6.07, 6.45) is 0.684. The number of carbonyl (C=O) groups excluding carboxylic acids is 2.